The van der Waals surface area contributed by atoms with Crippen LogP contribution in [0.2, 0.25) is 0 Å². The molecule has 2 nitrogen and oxygen atoms in total. The Morgan fingerprint density at radius 2 is 2.10 bits per heavy atom. The van der Waals surface area contributed by atoms with Crippen molar-refractivity contribution in [1.82, 2.24) is 5.32 Å². The molecule has 2 N–H and O–H groups in total. The van der Waals surface area contributed by atoms with E-state index in [0.29, 0.717) is 28.7 Å². The Morgan fingerprint density at radius 3 is 2.76 bits per heavy atom. The van der Waals surface area contributed by atoms with Gasteiger partial charge in [0.25, 0.3) is 0 Å². The third-order valence-electron chi connectivity index (χ3n) is 4.42. The first-order chi connectivity index (χ1) is 9.95. The van der Waals surface area contributed by atoms with Crippen LogP contribution in [0.15, 0.2) is 24.3 Å². The monoisotopic (exact) mass is 308 g/mol. The van der Waals surface area contributed by atoms with E-state index < -0.39 is 0 Å². The first-order valence-corrected chi connectivity index (χ1v) is 8.19. The van der Waals surface area contributed by atoms with E-state index in [1.165, 1.54) is 25.0 Å². The van der Waals surface area contributed by atoms with Gasteiger partial charge in [0.15, 0.2) is 5.11 Å². The summed E-state index contributed by atoms with van der Waals surface area (Å²) in [6.45, 7) is 6.85. The molecule has 1 aromatic carbocycles. The summed E-state index contributed by atoms with van der Waals surface area (Å²) < 4.78 is 13.2. The zero-order valence-corrected chi connectivity index (χ0v) is 13.8. The maximum Gasteiger partial charge on any atom is 0.171 e. The molecule has 0 spiro atoms. The maximum absolute atomic E-state index is 13.2. The second kappa shape index (κ2) is 7.21. The van der Waals surface area contributed by atoms with Crippen LogP contribution in [-0.4, -0.2) is 11.2 Å². The normalized spacial score (nSPS) is 25.7. The summed E-state index contributed by atoms with van der Waals surface area (Å²) in [7, 11) is 0. The van der Waals surface area contributed by atoms with Crippen molar-refractivity contribution in [1.29, 1.82) is 0 Å². The van der Waals surface area contributed by atoms with E-state index in [4.69, 9.17) is 12.2 Å². The topological polar surface area (TPSA) is 24.1 Å². The Morgan fingerprint density at radius 1 is 1.33 bits per heavy atom. The highest BCUT2D eigenvalue weighted by molar-refractivity contribution is 7.80. The summed E-state index contributed by atoms with van der Waals surface area (Å²) in [5.41, 5.74) is 0.692. The van der Waals surface area contributed by atoms with Crippen LogP contribution in [0.4, 0.5) is 10.1 Å². The molecule has 0 radical (unpaired) electrons. The van der Waals surface area contributed by atoms with Crippen LogP contribution in [0.3, 0.4) is 0 Å². The van der Waals surface area contributed by atoms with E-state index in [-0.39, 0.29) is 5.82 Å². The molecule has 0 aromatic heterocycles. The van der Waals surface area contributed by atoms with Crippen LogP contribution in [-0.2, 0) is 0 Å². The highest BCUT2D eigenvalue weighted by atomic mass is 32.1. The van der Waals surface area contributed by atoms with Gasteiger partial charge in [-0.1, -0.05) is 33.3 Å². The Hall–Kier alpha value is -1.16. The molecule has 3 unspecified atom stereocenters. The van der Waals surface area contributed by atoms with Crippen molar-refractivity contribution in [3.8, 4) is 0 Å². The lowest BCUT2D eigenvalue weighted by molar-refractivity contribution is 0.186. The lowest BCUT2D eigenvalue weighted by Crippen LogP contribution is -2.47. The molecular weight excluding hydrogens is 283 g/mol. The highest BCUT2D eigenvalue weighted by Crippen LogP contribution is 2.33. The summed E-state index contributed by atoms with van der Waals surface area (Å²) in [5.74, 6) is 1.77. The number of benzene rings is 1. The van der Waals surface area contributed by atoms with E-state index in [1.54, 1.807) is 6.07 Å². The molecule has 0 amide bonds. The van der Waals surface area contributed by atoms with Gasteiger partial charge in [0.1, 0.15) is 5.82 Å². The molecule has 3 atom stereocenters. The van der Waals surface area contributed by atoms with Crippen LogP contribution in [0, 0.1) is 23.6 Å². The van der Waals surface area contributed by atoms with Crippen LogP contribution < -0.4 is 10.6 Å². The molecule has 0 saturated heterocycles. The molecule has 1 aliphatic rings. The minimum Gasteiger partial charge on any atom is -0.359 e. The smallest absolute Gasteiger partial charge is 0.171 e. The SMILES string of the molecule is CC1CCC(C(C)C)C(NC(=S)Nc2cccc(F)c2)C1. The average Bonchev–Trinajstić information content (AvgIpc) is 2.38. The summed E-state index contributed by atoms with van der Waals surface area (Å²) >= 11 is 5.39. The van der Waals surface area contributed by atoms with Gasteiger partial charge in [-0.05, 0) is 61.0 Å². The molecule has 1 aliphatic carbocycles. The zero-order chi connectivity index (χ0) is 15.4. The number of halogens is 1. The summed E-state index contributed by atoms with van der Waals surface area (Å²) in [6.07, 6.45) is 3.69. The fourth-order valence-corrected chi connectivity index (χ4v) is 3.54. The van der Waals surface area contributed by atoms with Gasteiger partial charge < -0.3 is 10.6 Å². The predicted octanol–water partition coefficient (Wildman–Crippen LogP) is 4.57. The molecule has 0 heterocycles. The molecule has 116 valence electrons. The van der Waals surface area contributed by atoms with Crippen molar-refractivity contribution >= 4 is 23.0 Å². The highest BCUT2D eigenvalue weighted by Gasteiger charge is 2.30. The number of nitrogens with one attached hydrogen (secondary N) is 2. The van der Waals surface area contributed by atoms with Crippen LogP contribution >= 0.6 is 12.2 Å². The molecule has 2 rings (SSSR count). The van der Waals surface area contributed by atoms with Crippen molar-refractivity contribution in [2.45, 2.75) is 46.1 Å². The molecule has 21 heavy (non-hydrogen) atoms. The molecule has 1 fully saturated rings. The third-order valence-corrected chi connectivity index (χ3v) is 4.64. The van der Waals surface area contributed by atoms with E-state index in [2.05, 4.69) is 31.4 Å². The number of rotatable bonds is 3. The second-order valence-corrected chi connectivity index (χ2v) is 6.95. The van der Waals surface area contributed by atoms with Gasteiger partial charge in [-0.25, -0.2) is 4.39 Å². The summed E-state index contributed by atoms with van der Waals surface area (Å²) in [6, 6.07) is 6.79. The Bertz CT molecular complexity index is 489. The molecular formula is C17H25FN2S. The fourth-order valence-electron chi connectivity index (χ4n) is 3.27. The van der Waals surface area contributed by atoms with Crippen molar-refractivity contribution in [2.24, 2.45) is 17.8 Å². The van der Waals surface area contributed by atoms with Gasteiger partial charge in [0.05, 0.1) is 0 Å². The number of hydrogen-bond donors (Lipinski definition) is 2. The molecule has 1 aromatic rings. The van der Waals surface area contributed by atoms with E-state index in [1.807, 2.05) is 6.07 Å². The minimum atomic E-state index is -0.255. The van der Waals surface area contributed by atoms with Crippen molar-refractivity contribution < 1.29 is 4.39 Å². The van der Waals surface area contributed by atoms with Gasteiger partial charge >= 0.3 is 0 Å². The third kappa shape index (κ3) is 4.67. The number of thiocarbonyl (C=S) groups is 1. The van der Waals surface area contributed by atoms with Crippen molar-refractivity contribution in [2.75, 3.05) is 5.32 Å². The molecule has 4 heteroatoms. The first-order valence-electron chi connectivity index (χ1n) is 7.78. The number of anilines is 1. The standard InChI is InChI=1S/C17H25FN2S/c1-11(2)15-8-7-12(3)9-16(15)20-17(21)19-14-6-4-5-13(18)10-14/h4-6,10-12,15-16H,7-9H2,1-3H3,(H2,19,20,21). The fraction of sp³-hybridized carbons (Fsp3) is 0.588. The maximum atomic E-state index is 13.2. The van der Waals surface area contributed by atoms with E-state index in [9.17, 15) is 4.39 Å². The van der Waals surface area contributed by atoms with Gasteiger partial charge in [-0.2, -0.15) is 0 Å². The van der Waals surface area contributed by atoms with Crippen LogP contribution in [0.1, 0.15) is 40.0 Å². The van der Waals surface area contributed by atoms with Gasteiger partial charge in [0.2, 0.25) is 0 Å². The average molecular weight is 308 g/mol. The van der Waals surface area contributed by atoms with E-state index in [0.717, 1.165) is 12.3 Å². The van der Waals surface area contributed by atoms with Crippen LogP contribution in [0.25, 0.3) is 0 Å². The molecule has 0 aliphatic heterocycles. The lowest BCUT2D eigenvalue weighted by atomic mass is 9.74. The van der Waals surface area contributed by atoms with Gasteiger partial charge in [-0.3, -0.25) is 0 Å². The second-order valence-electron chi connectivity index (χ2n) is 6.54. The van der Waals surface area contributed by atoms with Crippen LogP contribution in [0.5, 0.6) is 0 Å². The Labute approximate surface area is 132 Å². The zero-order valence-electron chi connectivity index (χ0n) is 13.0. The lowest BCUT2D eigenvalue weighted by Gasteiger charge is -2.38. The quantitative estimate of drug-likeness (QED) is 0.800. The summed E-state index contributed by atoms with van der Waals surface area (Å²) in [4.78, 5) is 0. The summed E-state index contributed by atoms with van der Waals surface area (Å²) in [5, 5.41) is 7.12. The largest absolute Gasteiger partial charge is 0.359 e. The number of hydrogen-bond acceptors (Lipinski definition) is 1. The van der Waals surface area contributed by atoms with Gasteiger partial charge in [0, 0.05) is 11.7 Å². The van der Waals surface area contributed by atoms with Crippen molar-refractivity contribution in [3.63, 3.8) is 0 Å². The molecule has 1 saturated carbocycles. The Balaban J connectivity index is 1.96. The predicted molar refractivity (Wildman–Crippen MR) is 90.9 cm³/mol. The van der Waals surface area contributed by atoms with Crippen molar-refractivity contribution in [3.05, 3.63) is 30.1 Å². The van der Waals surface area contributed by atoms with E-state index >= 15 is 0 Å². The Kier molecular flexibility index (Phi) is 5.57. The first kappa shape index (κ1) is 16.2. The van der Waals surface area contributed by atoms with Gasteiger partial charge in [-0.15, -0.1) is 0 Å². The minimum absolute atomic E-state index is 0.255. The molecule has 0 bridgehead atoms.